The van der Waals surface area contributed by atoms with Crippen molar-refractivity contribution in [2.45, 2.75) is 74.3 Å². The zero-order valence-corrected chi connectivity index (χ0v) is 41.1. The molecule has 73 heavy (non-hydrogen) atoms. The van der Waals surface area contributed by atoms with Crippen molar-refractivity contribution in [3.8, 4) is 34.5 Å². The van der Waals surface area contributed by atoms with Gasteiger partial charge in [-0.15, -0.1) is 0 Å². The first-order valence-corrected chi connectivity index (χ1v) is 27.8. The van der Waals surface area contributed by atoms with Crippen LogP contribution in [0.2, 0.25) is 25.7 Å². The van der Waals surface area contributed by atoms with Gasteiger partial charge in [-0.1, -0.05) is 171 Å². The average molecular weight is 1000 g/mol. The fourth-order valence-corrected chi connectivity index (χ4v) is 10.2. The lowest BCUT2D eigenvalue weighted by molar-refractivity contribution is -0.359. The van der Waals surface area contributed by atoms with Gasteiger partial charge in [-0.25, -0.2) is 9.59 Å². The lowest BCUT2D eigenvalue weighted by atomic mass is 9.97. The van der Waals surface area contributed by atoms with Gasteiger partial charge in [-0.3, -0.25) is 0 Å². The number of rotatable bonds is 13. The van der Waals surface area contributed by atoms with E-state index >= 15 is 0 Å². The molecule has 0 spiro atoms. The average Bonchev–Trinajstić information content (AvgIpc) is 4.03. The Morgan fingerprint density at radius 3 is 1.42 bits per heavy atom. The Bertz CT molecular complexity index is 3020. The number of carbonyl (C=O) groups is 2. The SMILES string of the molecule is C[Si](C)(C)CCO[C@@H]1O[C@@H]2CO[C@@H](c3ccccc3)O[C@H]2[C@H](OC(=O)c2cc(O)c3c(c2)OC(c2ccccc2)(c2ccccc2)O3)[C@H]1OC(=O)c1cc(O)c2c(c1)OC(c1ccccc1)(c1ccccc1)O2. The molecule has 0 aromatic heterocycles. The molecule has 0 aliphatic carbocycles. The van der Waals surface area contributed by atoms with Crippen LogP contribution in [0.5, 0.6) is 34.5 Å². The normalized spacial score (nSPS) is 22.2. The molecule has 372 valence electrons. The highest BCUT2D eigenvalue weighted by atomic mass is 28.3. The summed E-state index contributed by atoms with van der Waals surface area (Å²) in [6.07, 6.45) is -7.06. The maximum Gasteiger partial charge on any atom is 0.339 e. The standard InChI is InChI=1S/C58H52O14Si/c1-73(2,3)30-29-63-56-52(67-54(62)38-32-44(60)49-46(34-38)70-58(72-49,41-25-15-7-16-26-41)42-27-17-8-18-28-42)51(50-47(65-56)35-64-55(68-50)36-19-9-4-10-20-36)66-53(61)37-31-43(59)48-45(33-37)69-57(71-48,39-21-11-5-12-22-39)40-23-13-6-14-24-40/h4-28,31-34,47,50-52,55-56,59-60H,29-30,35H2,1-3H3/t47-,50-,51+,52-,55-,56-/m1/s1. The van der Waals surface area contributed by atoms with Crippen LogP contribution in [0.15, 0.2) is 176 Å². The number of phenolic OH excluding ortho intramolecular Hbond substituents is 2. The second-order valence-electron chi connectivity index (χ2n) is 19.4. The summed E-state index contributed by atoms with van der Waals surface area (Å²) in [5.41, 5.74) is 3.05. The quantitative estimate of drug-likeness (QED) is 0.0827. The van der Waals surface area contributed by atoms with Crippen LogP contribution < -0.4 is 18.9 Å². The van der Waals surface area contributed by atoms with Gasteiger partial charge >= 0.3 is 23.5 Å². The Hall–Kier alpha value is -7.66. The van der Waals surface area contributed by atoms with E-state index in [1.54, 1.807) is 0 Å². The van der Waals surface area contributed by atoms with Crippen LogP contribution in [0.3, 0.4) is 0 Å². The smallest absolute Gasteiger partial charge is 0.339 e. The molecule has 0 unspecified atom stereocenters. The third-order valence-corrected chi connectivity index (χ3v) is 14.8. The molecule has 0 amide bonds. The number of phenols is 2. The van der Waals surface area contributed by atoms with Crippen molar-refractivity contribution >= 4 is 20.0 Å². The van der Waals surface area contributed by atoms with Crippen LogP contribution in [-0.2, 0) is 40.0 Å². The van der Waals surface area contributed by atoms with Gasteiger partial charge in [-0.05, 0) is 30.3 Å². The van der Waals surface area contributed by atoms with E-state index in [1.807, 2.05) is 152 Å². The Balaban J connectivity index is 0.946. The lowest BCUT2D eigenvalue weighted by Crippen LogP contribution is -2.64. The monoisotopic (exact) mass is 1000 g/mol. The maximum atomic E-state index is 14.8. The van der Waals surface area contributed by atoms with Crippen molar-refractivity contribution in [1.29, 1.82) is 0 Å². The van der Waals surface area contributed by atoms with E-state index in [2.05, 4.69) is 19.6 Å². The predicted octanol–water partition coefficient (Wildman–Crippen LogP) is 10.4. The van der Waals surface area contributed by atoms with Crippen molar-refractivity contribution in [2.75, 3.05) is 13.2 Å². The number of esters is 2. The molecule has 2 N–H and O–H groups in total. The Kier molecular flexibility index (Phi) is 12.7. The van der Waals surface area contributed by atoms with Gasteiger partial charge in [0.25, 0.3) is 0 Å². The van der Waals surface area contributed by atoms with Gasteiger partial charge in [0.15, 0.2) is 47.8 Å². The molecular formula is C58H52O14Si. The van der Waals surface area contributed by atoms with Gasteiger partial charge in [0.05, 0.1) is 17.7 Å². The Labute approximate surface area is 422 Å². The van der Waals surface area contributed by atoms with E-state index in [0.29, 0.717) is 27.8 Å². The summed E-state index contributed by atoms with van der Waals surface area (Å²) in [6.45, 7) is 6.82. The Morgan fingerprint density at radius 2 is 0.986 bits per heavy atom. The van der Waals surface area contributed by atoms with Gasteiger partial charge in [-0.2, -0.15) is 0 Å². The minimum atomic E-state index is -1.68. The van der Waals surface area contributed by atoms with Crippen LogP contribution in [0.4, 0.5) is 0 Å². The molecule has 7 aromatic rings. The maximum absolute atomic E-state index is 14.8. The fourth-order valence-electron chi connectivity index (χ4n) is 9.43. The summed E-state index contributed by atoms with van der Waals surface area (Å²) < 4.78 is 64.9. The van der Waals surface area contributed by atoms with Crippen molar-refractivity contribution in [3.63, 3.8) is 0 Å². The second-order valence-corrected chi connectivity index (χ2v) is 25.0. The summed E-state index contributed by atoms with van der Waals surface area (Å²) >= 11 is 0. The minimum absolute atomic E-state index is 0.000690. The summed E-state index contributed by atoms with van der Waals surface area (Å²) in [4.78, 5) is 29.6. The van der Waals surface area contributed by atoms with E-state index in [1.165, 1.54) is 24.3 Å². The summed E-state index contributed by atoms with van der Waals surface area (Å²) in [6, 6.07) is 52.3. The number of carbonyl (C=O) groups excluding carboxylic acids is 2. The lowest BCUT2D eigenvalue weighted by Gasteiger charge is -2.48. The van der Waals surface area contributed by atoms with E-state index < -0.39 is 68.6 Å². The molecule has 14 nitrogen and oxygen atoms in total. The fraction of sp³-hybridized carbons (Fsp3) is 0.241. The highest BCUT2D eigenvalue weighted by Gasteiger charge is 2.55. The van der Waals surface area contributed by atoms with Crippen molar-refractivity contribution in [2.24, 2.45) is 0 Å². The van der Waals surface area contributed by atoms with Gasteiger partial charge < -0.3 is 57.6 Å². The molecule has 2 saturated heterocycles. The molecular weight excluding hydrogens is 949 g/mol. The highest BCUT2D eigenvalue weighted by Crippen LogP contribution is 2.54. The first-order chi connectivity index (χ1) is 35.4. The molecule has 0 saturated carbocycles. The first-order valence-electron chi connectivity index (χ1n) is 24.1. The number of hydrogen-bond acceptors (Lipinski definition) is 14. The molecule has 7 aromatic carbocycles. The van der Waals surface area contributed by atoms with Gasteiger partial charge in [0.2, 0.25) is 11.5 Å². The molecule has 2 fully saturated rings. The predicted molar refractivity (Wildman–Crippen MR) is 267 cm³/mol. The molecule has 6 atom stereocenters. The van der Waals surface area contributed by atoms with Crippen LogP contribution in [0.25, 0.3) is 0 Å². The van der Waals surface area contributed by atoms with E-state index in [-0.39, 0.29) is 58.8 Å². The third-order valence-electron chi connectivity index (χ3n) is 13.1. The highest BCUT2D eigenvalue weighted by molar-refractivity contribution is 6.76. The molecule has 11 rings (SSSR count). The first kappa shape index (κ1) is 47.7. The van der Waals surface area contributed by atoms with E-state index in [0.717, 1.165) is 6.04 Å². The summed E-state index contributed by atoms with van der Waals surface area (Å²) in [7, 11) is -1.68. The molecule has 0 radical (unpaired) electrons. The minimum Gasteiger partial charge on any atom is -0.504 e. The number of hydrogen-bond donors (Lipinski definition) is 2. The van der Waals surface area contributed by atoms with Crippen molar-refractivity contribution in [1.82, 2.24) is 0 Å². The second kappa shape index (κ2) is 19.4. The third kappa shape index (κ3) is 9.26. The molecule has 4 aliphatic rings. The molecule has 0 bridgehead atoms. The number of aromatic hydroxyl groups is 2. The number of benzene rings is 7. The largest absolute Gasteiger partial charge is 0.504 e. The van der Waals surface area contributed by atoms with Crippen LogP contribution >= 0.6 is 0 Å². The topological polar surface area (TPSA) is 167 Å². The van der Waals surface area contributed by atoms with Gasteiger partial charge in [0, 0.05) is 42.5 Å². The molecule has 4 aliphatic heterocycles. The van der Waals surface area contributed by atoms with Gasteiger partial charge in [0.1, 0.15) is 12.2 Å². The number of fused-ring (bicyclic) bond motifs is 3. The molecule has 4 heterocycles. The van der Waals surface area contributed by atoms with Crippen molar-refractivity contribution in [3.05, 3.63) is 215 Å². The van der Waals surface area contributed by atoms with Crippen molar-refractivity contribution < 1.29 is 67.2 Å². The Morgan fingerprint density at radius 1 is 0.562 bits per heavy atom. The zero-order valence-electron chi connectivity index (χ0n) is 40.1. The van der Waals surface area contributed by atoms with E-state index in [4.69, 9.17) is 47.4 Å². The van der Waals surface area contributed by atoms with Crippen LogP contribution in [-0.4, -0.2) is 74.1 Å². The van der Waals surface area contributed by atoms with E-state index in [9.17, 15) is 19.8 Å². The molecule has 15 heteroatoms. The zero-order chi connectivity index (χ0) is 50.3. The summed E-state index contributed by atoms with van der Waals surface area (Å²) in [5.74, 6) is -5.42. The number of ether oxygens (including phenoxy) is 10. The van der Waals surface area contributed by atoms with Crippen LogP contribution in [0, 0.1) is 0 Å². The van der Waals surface area contributed by atoms with Crippen LogP contribution in [0.1, 0.15) is 54.8 Å². The summed E-state index contributed by atoms with van der Waals surface area (Å²) in [5, 5.41) is 23.2.